The molecule has 2 aromatic rings. The number of benzene rings is 1. The van der Waals surface area contributed by atoms with Crippen molar-refractivity contribution in [1.29, 1.82) is 0 Å². The largest absolute Gasteiger partial charge is 0.493 e. The summed E-state index contributed by atoms with van der Waals surface area (Å²) in [5.41, 5.74) is 7.90. The van der Waals surface area contributed by atoms with E-state index in [-0.39, 0.29) is 0 Å². The summed E-state index contributed by atoms with van der Waals surface area (Å²) >= 11 is 3.33. The van der Waals surface area contributed by atoms with E-state index in [9.17, 15) is 0 Å². The highest BCUT2D eigenvalue weighted by Crippen LogP contribution is 2.43. The first kappa shape index (κ1) is 14.7. The van der Waals surface area contributed by atoms with Crippen LogP contribution in [-0.2, 0) is 0 Å². The molecule has 0 spiro atoms. The molecule has 2 rings (SSSR count). The number of furan rings is 1. The van der Waals surface area contributed by atoms with Gasteiger partial charge in [0.25, 0.3) is 0 Å². The van der Waals surface area contributed by atoms with Crippen LogP contribution < -0.4 is 19.9 Å². The molecule has 108 valence electrons. The molecule has 1 aromatic heterocycles. The van der Waals surface area contributed by atoms with Gasteiger partial charge in [0, 0.05) is 11.1 Å². The average molecular weight is 342 g/mol. The maximum Gasteiger partial charge on any atom is 0.203 e. The molecular weight excluding hydrogens is 326 g/mol. The first-order valence-corrected chi connectivity index (χ1v) is 6.70. The van der Waals surface area contributed by atoms with Crippen molar-refractivity contribution in [3.63, 3.8) is 0 Å². The molecule has 0 saturated heterocycles. The van der Waals surface area contributed by atoms with Crippen molar-refractivity contribution in [3.05, 3.63) is 40.3 Å². The molecule has 0 fully saturated rings. The van der Waals surface area contributed by atoms with Gasteiger partial charge >= 0.3 is 0 Å². The van der Waals surface area contributed by atoms with Crippen molar-refractivity contribution in [2.24, 2.45) is 5.73 Å². The third-order valence-corrected chi connectivity index (χ3v) is 3.70. The first-order valence-electron chi connectivity index (χ1n) is 5.91. The second-order valence-corrected chi connectivity index (χ2v) is 4.77. The van der Waals surface area contributed by atoms with Crippen LogP contribution in [0.15, 0.2) is 33.5 Å². The third kappa shape index (κ3) is 2.48. The van der Waals surface area contributed by atoms with E-state index in [0.717, 1.165) is 11.1 Å². The molecule has 20 heavy (non-hydrogen) atoms. The minimum atomic E-state index is -0.405. The van der Waals surface area contributed by atoms with Gasteiger partial charge < -0.3 is 24.4 Å². The van der Waals surface area contributed by atoms with E-state index >= 15 is 0 Å². The SMILES string of the molecule is COc1ccc(C(N)c2ccoc2Br)c(OC)c1OC. The molecule has 0 bridgehead atoms. The molecule has 0 amide bonds. The molecule has 0 aliphatic rings. The number of ether oxygens (including phenoxy) is 3. The standard InChI is InChI=1S/C14H16BrNO4/c1-17-10-5-4-8(12(18-2)13(10)19-3)11(16)9-6-7-20-14(9)15/h4-7,11H,16H2,1-3H3. The fourth-order valence-corrected chi connectivity index (χ4v) is 2.55. The molecular formula is C14H16BrNO4. The van der Waals surface area contributed by atoms with Crippen LogP contribution in [0.2, 0.25) is 0 Å². The summed E-state index contributed by atoms with van der Waals surface area (Å²) in [5.74, 6) is 1.65. The Kier molecular flexibility index (Phi) is 4.57. The Morgan fingerprint density at radius 1 is 1.00 bits per heavy atom. The Labute approximate surface area is 125 Å². The van der Waals surface area contributed by atoms with Crippen molar-refractivity contribution in [3.8, 4) is 17.2 Å². The minimum absolute atomic E-state index is 0.405. The summed E-state index contributed by atoms with van der Waals surface area (Å²) in [6.45, 7) is 0. The predicted octanol–water partition coefficient (Wildman–Crippen LogP) is 3.12. The van der Waals surface area contributed by atoms with Gasteiger partial charge in [0.15, 0.2) is 16.2 Å². The van der Waals surface area contributed by atoms with Crippen molar-refractivity contribution >= 4 is 15.9 Å². The van der Waals surface area contributed by atoms with Gasteiger partial charge in [0.2, 0.25) is 5.75 Å². The van der Waals surface area contributed by atoms with Gasteiger partial charge in [-0.3, -0.25) is 0 Å². The Morgan fingerprint density at radius 3 is 2.20 bits per heavy atom. The van der Waals surface area contributed by atoms with Gasteiger partial charge in [0.1, 0.15) is 0 Å². The summed E-state index contributed by atoms with van der Waals surface area (Å²) in [6.07, 6.45) is 1.58. The maximum absolute atomic E-state index is 6.29. The lowest BCUT2D eigenvalue weighted by Crippen LogP contribution is -2.13. The van der Waals surface area contributed by atoms with Crippen molar-refractivity contribution in [2.45, 2.75) is 6.04 Å². The molecule has 6 heteroatoms. The van der Waals surface area contributed by atoms with Gasteiger partial charge in [-0.25, -0.2) is 0 Å². The monoisotopic (exact) mass is 341 g/mol. The van der Waals surface area contributed by atoms with Crippen LogP contribution in [-0.4, -0.2) is 21.3 Å². The average Bonchev–Trinajstić information content (AvgIpc) is 2.90. The zero-order valence-corrected chi connectivity index (χ0v) is 13.1. The van der Waals surface area contributed by atoms with Gasteiger partial charge in [-0.2, -0.15) is 0 Å². The number of hydrogen-bond acceptors (Lipinski definition) is 5. The summed E-state index contributed by atoms with van der Waals surface area (Å²) in [7, 11) is 4.70. The van der Waals surface area contributed by atoms with E-state index in [4.69, 9.17) is 24.4 Å². The second kappa shape index (κ2) is 6.19. The fraction of sp³-hybridized carbons (Fsp3) is 0.286. The Hall–Kier alpha value is -1.66. The molecule has 1 heterocycles. The van der Waals surface area contributed by atoms with Crippen molar-refractivity contribution in [2.75, 3.05) is 21.3 Å². The van der Waals surface area contributed by atoms with E-state index < -0.39 is 6.04 Å². The van der Waals surface area contributed by atoms with E-state index in [0.29, 0.717) is 21.9 Å². The fourth-order valence-electron chi connectivity index (χ4n) is 2.06. The van der Waals surface area contributed by atoms with Crippen molar-refractivity contribution in [1.82, 2.24) is 0 Å². The van der Waals surface area contributed by atoms with Crippen LogP contribution >= 0.6 is 15.9 Å². The highest BCUT2D eigenvalue weighted by molar-refractivity contribution is 9.10. The van der Waals surface area contributed by atoms with Crippen LogP contribution in [0.3, 0.4) is 0 Å². The summed E-state index contributed by atoms with van der Waals surface area (Å²) in [6, 6.07) is 5.05. The molecule has 2 N–H and O–H groups in total. The number of hydrogen-bond donors (Lipinski definition) is 1. The topological polar surface area (TPSA) is 66.9 Å². The summed E-state index contributed by atoms with van der Waals surface area (Å²) in [4.78, 5) is 0. The van der Waals surface area contributed by atoms with Crippen LogP contribution in [0.4, 0.5) is 0 Å². The maximum atomic E-state index is 6.29. The number of methoxy groups -OCH3 is 3. The van der Waals surface area contributed by atoms with E-state index in [1.165, 1.54) is 0 Å². The molecule has 1 unspecified atom stereocenters. The van der Waals surface area contributed by atoms with Gasteiger partial charge in [-0.1, -0.05) is 0 Å². The van der Waals surface area contributed by atoms with Gasteiger partial charge in [-0.15, -0.1) is 0 Å². The Bertz CT molecular complexity index is 597. The highest BCUT2D eigenvalue weighted by Gasteiger charge is 2.23. The molecule has 1 atom stereocenters. The van der Waals surface area contributed by atoms with Crippen LogP contribution in [0, 0.1) is 0 Å². The first-order chi connectivity index (χ1) is 9.63. The molecule has 0 aliphatic heterocycles. The molecule has 5 nitrogen and oxygen atoms in total. The smallest absolute Gasteiger partial charge is 0.203 e. The Balaban J connectivity index is 2.54. The lowest BCUT2D eigenvalue weighted by atomic mass is 10.0. The third-order valence-electron chi connectivity index (χ3n) is 3.05. The van der Waals surface area contributed by atoms with Gasteiger partial charge in [-0.05, 0) is 34.1 Å². The van der Waals surface area contributed by atoms with Crippen LogP contribution in [0.25, 0.3) is 0 Å². The quantitative estimate of drug-likeness (QED) is 0.904. The lowest BCUT2D eigenvalue weighted by Gasteiger charge is -2.19. The summed E-state index contributed by atoms with van der Waals surface area (Å²) < 4.78 is 21.9. The minimum Gasteiger partial charge on any atom is -0.493 e. The normalized spacial score (nSPS) is 12.1. The molecule has 1 aromatic carbocycles. The van der Waals surface area contributed by atoms with Gasteiger partial charge in [0.05, 0.1) is 33.6 Å². The lowest BCUT2D eigenvalue weighted by molar-refractivity contribution is 0.321. The summed E-state index contributed by atoms with van der Waals surface area (Å²) in [5, 5.41) is 0. The highest BCUT2D eigenvalue weighted by atomic mass is 79.9. The zero-order valence-electron chi connectivity index (χ0n) is 11.5. The van der Waals surface area contributed by atoms with E-state index in [1.807, 2.05) is 12.1 Å². The Morgan fingerprint density at radius 2 is 1.70 bits per heavy atom. The van der Waals surface area contributed by atoms with Crippen molar-refractivity contribution < 1.29 is 18.6 Å². The second-order valence-electron chi connectivity index (χ2n) is 4.05. The number of nitrogens with two attached hydrogens (primary N) is 1. The number of rotatable bonds is 5. The number of halogens is 1. The zero-order chi connectivity index (χ0) is 14.7. The molecule has 0 saturated carbocycles. The van der Waals surface area contributed by atoms with E-state index in [1.54, 1.807) is 33.7 Å². The molecule has 0 radical (unpaired) electrons. The van der Waals surface area contributed by atoms with Crippen LogP contribution in [0.5, 0.6) is 17.2 Å². The molecule has 0 aliphatic carbocycles. The predicted molar refractivity (Wildman–Crippen MR) is 78.5 cm³/mol. The van der Waals surface area contributed by atoms with E-state index in [2.05, 4.69) is 15.9 Å². The van der Waals surface area contributed by atoms with Crippen LogP contribution in [0.1, 0.15) is 17.2 Å².